The Kier molecular flexibility index (Phi) is 4.73. The average Bonchev–Trinajstić information content (AvgIpc) is 2.49. The molecule has 0 aliphatic heterocycles. The average molecular weight is 302 g/mol. The second-order valence-corrected chi connectivity index (χ2v) is 4.68. The topological polar surface area (TPSA) is 81.4 Å². The van der Waals surface area contributed by atoms with Crippen LogP contribution in [-0.2, 0) is 4.79 Å². The second kappa shape index (κ2) is 6.71. The SMILES string of the molecule is Cc1ccc(F)cc1NC(=O)COc1ccc(C(N)=O)cc1. The minimum Gasteiger partial charge on any atom is -0.484 e. The molecule has 5 nitrogen and oxygen atoms in total. The van der Waals surface area contributed by atoms with Crippen LogP contribution in [0.3, 0.4) is 0 Å². The summed E-state index contributed by atoms with van der Waals surface area (Å²) in [7, 11) is 0. The zero-order valence-electron chi connectivity index (χ0n) is 11.9. The van der Waals surface area contributed by atoms with Crippen molar-refractivity contribution in [1.82, 2.24) is 0 Å². The van der Waals surface area contributed by atoms with Gasteiger partial charge in [-0.15, -0.1) is 0 Å². The maximum absolute atomic E-state index is 13.1. The first-order chi connectivity index (χ1) is 10.5. The van der Waals surface area contributed by atoms with Crippen LogP contribution in [-0.4, -0.2) is 18.4 Å². The van der Waals surface area contributed by atoms with E-state index in [2.05, 4.69) is 5.32 Å². The van der Waals surface area contributed by atoms with Crippen LogP contribution in [0.5, 0.6) is 5.75 Å². The molecule has 0 saturated heterocycles. The molecule has 2 amide bonds. The van der Waals surface area contributed by atoms with Crippen LogP contribution in [0.1, 0.15) is 15.9 Å². The van der Waals surface area contributed by atoms with E-state index in [1.807, 2.05) is 0 Å². The minimum atomic E-state index is -0.536. The highest BCUT2D eigenvalue weighted by atomic mass is 19.1. The van der Waals surface area contributed by atoms with Gasteiger partial charge in [0.1, 0.15) is 11.6 Å². The Balaban J connectivity index is 1.92. The molecule has 0 unspecified atom stereocenters. The summed E-state index contributed by atoms with van der Waals surface area (Å²) in [6.07, 6.45) is 0. The number of aryl methyl sites for hydroxylation is 1. The third-order valence-electron chi connectivity index (χ3n) is 2.98. The first-order valence-corrected chi connectivity index (χ1v) is 6.54. The van der Waals surface area contributed by atoms with Crippen molar-refractivity contribution in [2.45, 2.75) is 6.92 Å². The van der Waals surface area contributed by atoms with E-state index in [0.29, 0.717) is 17.0 Å². The van der Waals surface area contributed by atoms with Crippen LogP contribution in [0.2, 0.25) is 0 Å². The molecule has 2 rings (SSSR count). The number of anilines is 1. The number of rotatable bonds is 5. The lowest BCUT2D eigenvalue weighted by Gasteiger charge is -2.10. The number of hydrogen-bond donors (Lipinski definition) is 2. The van der Waals surface area contributed by atoms with Gasteiger partial charge >= 0.3 is 0 Å². The summed E-state index contributed by atoms with van der Waals surface area (Å²) < 4.78 is 18.4. The van der Waals surface area contributed by atoms with Gasteiger partial charge in [0.05, 0.1) is 0 Å². The summed E-state index contributed by atoms with van der Waals surface area (Å²) in [5.41, 5.74) is 6.63. The van der Waals surface area contributed by atoms with Crippen LogP contribution in [0.4, 0.5) is 10.1 Å². The van der Waals surface area contributed by atoms with Gasteiger partial charge in [0.25, 0.3) is 5.91 Å². The summed E-state index contributed by atoms with van der Waals surface area (Å²) in [6, 6.07) is 10.2. The molecular weight excluding hydrogens is 287 g/mol. The predicted molar refractivity (Wildman–Crippen MR) is 80.2 cm³/mol. The minimum absolute atomic E-state index is 0.230. The van der Waals surface area contributed by atoms with E-state index in [1.165, 1.54) is 24.3 Å². The molecule has 6 heteroatoms. The smallest absolute Gasteiger partial charge is 0.262 e. The third kappa shape index (κ3) is 4.05. The summed E-state index contributed by atoms with van der Waals surface area (Å²) in [5, 5.41) is 2.57. The molecule has 0 saturated carbocycles. The molecule has 3 N–H and O–H groups in total. The predicted octanol–water partition coefficient (Wildman–Crippen LogP) is 2.25. The van der Waals surface area contributed by atoms with Crippen LogP contribution in [0, 0.1) is 12.7 Å². The molecular formula is C16H15FN2O3. The fraction of sp³-hybridized carbons (Fsp3) is 0.125. The van der Waals surface area contributed by atoms with Crippen molar-refractivity contribution in [2.24, 2.45) is 5.73 Å². The van der Waals surface area contributed by atoms with E-state index in [0.717, 1.165) is 5.56 Å². The molecule has 2 aromatic rings. The van der Waals surface area contributed by atoms with E-state index < -0.39 is 17.6 Å². The van der Waals surface area contributed by atoms with Gasteiger partial charge in [-0.3, -0.25) is 9.59 Å². The van der Waals surface area contributed by atoms with E-state index in [4.69, 9.17) is 10.5 Å². The van der Waals surface area contributed by atoms with Gasteiger partial charge in [0.2, 0.25) is 5.91 Å². The van der Waals surface area contributed by atoms with E-state index in [9.17, 15) is 14.0 Å². The monoisotopic (exact) mass is 302 g/mol. The molecule has 0 heterocycles. The van der Waals surface area contributed by atoms with Crippen LogP contribution in [0.15, 0.2) is 42.5 Å². The van der Waals surface area contributed by atoms with Crippen molar-refractivity contribution < 1.29 is 18.7 Å². The number of nitrogens with one attached hydrogen (secondary N) is 1. The first kappa shape index (κ1) is 15.5. The Morgan fingerprint density at radius 3 is 2.50 bits per heavy atom. The number of ether oxygens (including phenoxy) is 1. The summed E-state index contributed by atoms with van der Waals surface area (Å²) >= 11 is 0. The quantitative estimate of drug-likeness (QED) is 0.888. The number of carbonyl (C=O) groups excluding carboxylic acids is 2. The molecule has 0 spiro atoms. The van der Waals surface area contributed by atoms with Crippen molar-refractivity contribution in [3.63, 3.8) is 0 Å². The number of nitrogens with two attached hydrogens (primary N) is 1. The molecule has 2 aromatic carbocycles. The van der Waals surface area contributed by atoms with Crippen molar-refractivity contribution in [1.29, 1.82) is 0 Å². The van der Waals surface area contributed by atoms with Gasteiger partial charge in [-0.2, -0.15) is 0 Å². The van der Waals surface area contributed by atoms with Crippen LogP contribution >= 0.6 is 0 Å². The molecule has 0 aliphatic rings. The standard InChI is InChI=1S/C16H15FN2O3/c1-10-2-5-12(17)8-14(10)19-15(20)9-22-13-6-3-11(4-7-13)16(18)21/h2-8H,9H2,1H3,(H2,18,21)(H,19,20). The fourth-order valence-corrected chi connectivity index (χ4v) is 1.78. The highest BCUT2D eigenvalue weighted by Crippen LogP contribution is 2.16. The molecule has 0 aromatic heterocycles. The maximum Gasteiger partial charge on any atom is 0.262 e. The van der Waals surface area contributed by atoms with Gasteiger partial charge in [-0.25, -0.2) is 4.39 Å². The maximum atomic E-state index is 13.1. The summed E-state index contributed by atoms with van der Waals surface area (Å²) in [6.45, 7) is 1.53. The van der Waals surface area contributed by atoms with E-state index in [-0.39, 0.29) is 6.61 Å². The number of halogens is 1. The van der Waals surface area contributed by atoms with Crippen molar-refractivity contribution in [2.75, 3.05) is 11.9 Å². The zero-order valence-corrected chi connectivity index (χ0v) is 11.9. The molecule has 0 atom stereocenters. The van der Waals surface area contributed by atoms with Crippen molar-refractivity contribution in [3.8, 4) is 5.75 Å². The summed E-state index contributed by atoms with van der Waals surface area (Å²) in [5.74, 6) is -0.946. The zero-order chi connectivity index (χ0) is 16.1. The van der Waals surface area contributed by atoms with Gasteiger partial charge in [-0.05, 0) is 48.9 Å². The highest BCUT2D eigenvalue weighted by Gasteiger charge is 2.07. The summed E-state index contributed by atoms with van der Waals surface area (Å²) in [4.78, 5) is 22.7. The molecule has 0 fully saturated rings. The Morgan fingerprint density at radius 2 is 1.86 bits per heavy atom. The number of benzene rings is 2. The number of carbonyl (C=O) groups is 2. The number of primary amides is 1. The second-order valence-electron chi connectivity index (χ2n) is 4.68. The number of hydrogen-bond acceptors (Lipinski definition) is 3. The Hall–Kier alpha value is -2.89. The van der Waals surface area contributed by atoms with Gasteiger partial charge < -0.3 is 15.8 Å². The van der Waals surface area contributed by atoms with Gasteiger partial charge in [0.15, 0.2) is 6.61 Å². The van der Waals surface area contributed by atoms with Crippen molar-refractivity contribution in [3.05, 3.63) is 59.4 Å². The largest absolute Gasteiger partial charge is 0.484 e. The Morgan fingerprint density at radius 1 is 1.18 bits per heavy atom. The van der Waals surface area contributed by atoms with E-state index >= 15 is 0 Å². The third-order valence-corrected chi connectivity index (χ3v) is 2.98. The van der Waals surface area contributed by atoms with Crippen LogP contribution in [0.25, 0.3) is 0 Å². The molecule has 22 heavy (non-hydrogen) atoms. The highest BCUT2D eigenvalue weighted by molar-refractivity contribution is 5.93. The fourth-order valence-electron chi connectivity index (χ4n) is 1.78. The molecule has 114 valence electrons. The lowest BCUT2D eigenvalue weighted by Crippen LogP contribution is -2.20. The first-order valence-electron chi connectivity index (χ1n) is 6.54. The normalized spacial score (nSPS) is 10.1. The molecule has 0 bridgehead atoms. The van der Waals surface area contributed by atoms with Crippen molar-refractivity contribution >= 4 is 17.5 Å². The lowest BCUT2D eigenvalue weighted by atomic mass is 10.2. The Bertz CT molecular complexity index is 699. The van der Waals surface area contributed by atoms with E-state index in [1.54, 1.807) is 25.1 Å². The van der Waals surface area contributed by atoms with Gasteiger partial charge in [0, 0.05) is 11.3 Å². The molecule has 0 radical (unpaired) electrons. The van der Waals surface area contributed by atoms with Crippen LogP contribution < -0.4 is 15.8 Å². The Labute approximate surface area is 126 Å². The lowest BCUT2D eigenvalue weighted by molar-refractivity contribution is -0.118. The number of amides is 2. The molecule has 0 aliphatic carbocycles. The van der Waals surface area contributed by atoms with Gasteiger partial charge in [-0.1, -0.05) is 6.07 Å².